The largest absolute Gasteiger partial charge is 0.332 e. The lowest BCUT2D eigenvalue weighted by molar-refractivity contribution is -0.121. The van der Waals surface area contributed by atoms with E-state index in [2.05, 4.69) is 11.1 Å². The summed E-state index contributed by atoms with van der Waals surface area (Å²) in [5, 5.41) is 10.6. The smallest absolute Gasteiger partial charge is 0.331 e. The maximum atomic E-state index is 13.6. The van der Waals surface area contributed by atoms with Crippen molar-refractivity contribution in [3.05, 3.63) is 71.5 Å². The van der Waals surface area contributed by atoms with Gasteiger partial charge in [0.25, 0.3) is 11.8 Å². The van der Waals surface area contributed by atoms with E-state index in [9.17, 15) is 19.6 Å². The van der Waals surface area contributed by atoms with Crippen molar-refractivity contribution in [3.63, 3.8) is 0 Å². The van der Waals surface area contributed by atoms with E-state index in [0.29, 0.717) is 35.0 Å². The lowest BCUT2D eigenvalue weighted by Gasteiger charge is -2.35. The first-order valence-corrected chi connectivity index (χ1v) is 10.8. The monoisotopic (exact) mass is 437 g/mol. The van der Waals surface area contributed by atoms with Crippen molar-refractivity contribution in [2.24, 2.45) is 0 Å². The molecule has 3 aromatic rings. The second kappa shape index (κ2) is 6.87. The molecule has 2 bridgehead atoms. The maximum absolute atomic E-state index is 13.6. The average Bonchev–Trinajstić information content (AvgIpc) is 3.49. The van der Waals surface area contributed by atoms with Crippen molar-refractivity contribution < 1.29 is 14.4 Å². The first kappa shape index (κ1) is 19.4. The van der Waals surface area contributed by atoms with Gasteiger partial charge in [-0.05, 0) is 25.5 Å². The standard InChI is InChI=1S/C25H19N5O3/c1-14-5-4-6-15(9-14)23(31)28-13-16-10-20(28)22-24(32)30(25(33)29(16)22)21-12-27-19(11-26)17-7-2-3-8-18(17)21/h2-9,12,16,20,22H,10,13H2,1H3/t16?,20?,22-/m0/s1. The third-order valence-corrected chi connectivity index (χ3v) is 6.91. The Kier molecular flexibility index (Phi) is 4.05. The Morgan fingerprint density at radius 2 is 1.91 bits per heavy atom. The van der Waals surface area contributed by atoms with Crippen LogP contribution in [-0.4, -0.2) is 57.3 Å². The van der Waals surface area contributed by atoms with E-state index in [1.165, 1.54) is 11.1 Å². The summed E-state index contributed by atoms with van der Waals surface area (Å²) in [4.78, 5) is 48.9. The molecule has 162 valence electrons. The zero-order valence-electron chi connectivity index (χ0n) is 17.8. The minimum atomic E-state index is -0.709. The SMILES string of the molecule is Cc1cccc(C(=O)N2CC3CC2[C@H]2C(=O)N(c4cnc(C#N)c5ccccc45)C(=O)N32)c1. The number of carbonyl (C=O) groups is 3. The van der Waals surface area contributed by atoms with Crippen molar-refractivity contribution in [1.29, 1.82) is 5.26 Å². The highest BCUT2D eigenvalue weighted by molar-refractivity contribution is 6.25. The fourth-order valence-corrected chi connectivity index (χ4v) is 5.50. The number of hydrogen-bond donors (Lipinski definition) is 0. The van der Waals surface area contributed by atoms with E-state index in [0.717, 1.165) is 5.56 Å². The molecule has 4 amide bonds. The summed E-state index contributed by atoms with van der Waals surface area (Å²) in [7, 11) is 0. The summed E-state index contributed by atoms with van der Waals surface area (Å²) in [6.45, 7) is 2.34. The Bertz CT molecular complexity index is 1410. The third kappa shape index (κ3) is 2.62. The van der Waals surface area contributed by atoms with Crippen molar-refractivity contribution in [2.75, 3.05) is 11.4 Å². The minimum Gasteiger partial charge on any atom is -0.331 e. The fraction of sp³-hybridized carbons (Fsp3) is 0.240. The van der Waals surface area contributed by atoms with E-state index < -0.39 is 12.1 Å². The second-order valence-electron chi connectivity index (χ2n) is 8.74. The molecule has 8 nitrogen and oxygen atoms in total. The first-order valence-electron chi connectivity index (χ1n) is 10.8. The van der Waals surface area contributed by atoms with Gasteiger partial charge in [-0.3, -0.25) is 9.59 Å². The van der Waals surface area contributed by atoms with Crippen LogP contribution in [0.4, 0.5) is 10.5 Å². The Morgan fingerprint density at radius 3 is 2.67 bits per heavy atom. The number of imide groups is 1. The fourth-order valence-electron chi connectivity index (χ4n) is 5.50. The molecule has 0 spiro atoms. The zero-order valence-corrected chi connectivity index (χ0v) is 17.8. The number of aromatic nitrogens is 1. The van der Waals surface area contributed by atoms with Gasteiger partial charge in [-0.1, -0.05) is 42.0 Å². The number of benzene rings is 2. The average molecular weight is 437 g/mol. The Morgan fingerprint density at radius 1 is 1.12 bits per heavy atom. The Labute approximate surface area is 189 Å². The molecule has 0 radical (unpaired) electrons. The highest BCUT2D eigenvalue weighted by Gasteiger charge is 2.63. The highest BCUT2D eigenvalue weighted by atomic mass is 16.2. The van der Waals surface area contributed by atoms with Gasteiger partial charge in [-0.2, -0.15) is 5.26 Å². The molecular formula is C25H19N5O3. The topological polar surface area (TPSA) is 97.6 Å². The van der Waals surface area contributed by atoms with E-state index in [1.54, 1.807) is 40.1 Å². The molecule has 3 saturated heterocycles. The lowest BCUT2D eigenvalue weighted by Crippen LogP contribution is -2.54. The van der Waals surface area contributed by atoms with Crippen molar-refractivity contribution >= 4 is 34.3 Å². The molecule has 2 aromatic carbocycles. The molecule has 33 heavy (non-hydrogen) atoms. The molecule has 6 rings (SSSR count). The number of nitriles is 1. The van der Waals surface area contributed by atoms with Gasteiger partial charge in [0.15, 0.2) is 0 Å². The van der Waals surface area contributed by atoms with Crippen LogP contribution in [0.1, 0.15) is 28.0 Å². The molecule has 3 fully saturated rings. The zero-order chi connectivity index (χ0) is 22.9. The van der Waals surface area contributed by atoms with Gasteiger partial charge >= 0.3 is 6.03 Å². The first-order chi connectivity index (χ1) is 16.0. The number of urea groups is 1. The molecule has 1 aromatic heterocycles. The van der Waals surface area contributed by atoms with Gasteiger partial charge in [0.2, 0.25) is 0 Å². The number of rotatable bonds is 2. The summed E-state index contributed by atoms with van der Waals surface area (Å²) in [5.41, 5.74) is 2.18. The lowest BCUT2D eigenvalue weighted by atomic mass is 10.1. The molecule has 3 atom stereocenters. The summed E-state index contributed by atoms with van der Waals surface area (Å²) in [5.74, 6) is -0.471. The number of aryl methyl sites for hydroxylation is 1. The number of fused-ring (bicyclic) bond motifs is 6. The van der Waals surface area contributed by atoms with Crippen LogP contribution < -0.4 is 4.90 Å². The molecule has 0 aliphatic carbocycles. The van der Waals surface area contributed by atoms with Crippen molar-refractivity contribution in [2.45, 2.75) is 31.5 Å². The number of nitrogens with zero attached hydrogens (tertiary/aromatic N) is 5. The van der Waals surface area contributed by atoms with Gasteiger partial charge in [0, 0.05) is 22.9 Å². The molecule has 3 aliphatic rings. The molecule has 2 unspecified atom stereocenters. The summed E-state index contributed by atoms with van der Waals surface area (Å²) < 4.78 is 0. The van der Waals surface area contributed by atoms with Crippen LogP contribution >= 0.6 is 0 Å². The molecule has 0 saturated carbocycles. The van der Waals surface area contributed by atoms with Crippen LogP contribution in [-0.2, 0) is 4.79 Å². The predicted octanol–water partition coefficient (Wildman–Crippen LogP) is 2.85. The van der Waals surface area contributed by atoms with Crippen LogP contribution in [0.25, 0.3) is 10.8 Å². The van der Waals surface area contributed by atoms with Crippen molar-refractivity contribution in [1.82, 2.24) is 14.8 Å². The van der Waals surface area contributed by atoms with Gasteiger partial charge in [0.05, 0.1) is 24.0 Å². The van der Waals surface area contributed by atoms with E-state index >= 15 is 0 Å². The van der Waals surface area contributed by atoms with E-state index in [1.807, 2.05) is 25.1 Å². The van der Waals surface area contributed by atoms with Gasteiger partial charge in [-0.25, -0.2) is 14.7 Å². The van der Waals surface area contributed by atoms with Crippen LogP contribution in [0.15, 0.2) is 54.7 Å². The van der Waals surface area contributed by atoms with Crippen LogP contribution in [0.5, 0.6) is 0 Å². The number of hydrogen-bond acceptors (Lipinski definition) is 5. The quantitative estimate of drug-likeness (QED) is 0.574. The minimum absolute atomic E-state index is 0.116. The number of carbonyl (C=O) groups excluding carboxylic acids is 3. The summed E-state index contributed by atoms with van der Waals surface area (Å²) in [6.07, 6.45) is 2.01. The second-order valence-corrected chi connectivity index (χ2v) is 8.74. The molecule has 0 N–H and O–H groups in total. The molecule has 3 aliphatic heterocycles. The van der Waals surface area contributed by atoms with Crippen molar-refractivity contribution in [3.8, 4) is 6.07 Å². The number of piperazine rings is 1. The Hall–Kier alpha value is -4.25. The normalized spacial score (nSPS) is 23.4. The van der Waals surface area contributed by atoms with Crippen LogP contribution in [0.2, 0.25) is 0 Å². The maximum Gasteiger partial charge on any atom is 0.332 e. The van der Waals surface area contributed by atoms with Gasteiger partial charge in [0.1, 0.15) is 17.8 Å². The summed E-state index contributed by atoms with van der Waals surface area (Å²) in [6, 6.07) is 14.9. The number of anilines is 1. The van der Waals surface area contributed by atoms with E-state index in [4.69, 9.17) is 0 Å². The highest BCUT2D eigenvalue weighted by Crippen LogP contribution is 2.43. The molecular weight excluding hydrogens is 418 g/mol. The van der Waals surface area contributed by atoms with E-state index in [-0.39, 0.29) is 29.6 Å². The summed E-state index contributed by atoms with van der Waals surface area (Å²) >= 11 is 0. The molecule has 4 heterocycles. The van der Waals surface area contributed by atoms with Gasteiger partial charge < -0.3 is 9.80 Å². The van der Waals surface area contributed by atoms with Crippen LogP contribution in [0.3, 0.4) is 0 Å². The molecule has 8 heteroatoms. The number of pyridine rings is 1. The van der Waals surface area contributed by atoms with Gasteiger partial charge in [-0.15, -0.1) is 0 Å². The number of likely N-dealkylation sites (tertiary alicyclic amines) is 1. The van der Waals surface area contributed by atoms with Crippen LogP contribution in [0, 0.1) is 18.3 Å². The number of amides is 4. The third-order valence-electron chi connectivity index (χ3n) is 6.91. The Balaban J connectivity index is 1.37. The predicted molar refractivity (Wildman–Crippen MR) is 119 cm³/mol.